The number of pyridine rings is 1. The highest BCUT2D eigenvalue weighted by Gasteiger charge is 2.09. The molecule has 1 aromatic carbocycles. The number of hydrogen-bond donors (Lipinski definition) is 1. The maximum Gasteiger partial charge on any atom is 0.225 e. The van der Waals surface area contributed by atoms with E-state index in [1.54, 1.807) is 30.6 Å². The third kappa shape index (κ3) is 5.18. The van der Waals surface area contributed by atoms with Gasteiger partial charge in [0.15, 0.2) is 0 Å². The van der Waals surface area contributed by atoms with E-state index < -0.39 is 0 Å². The van der Waals surface area contributed by atoms with Gasteiger partial charge >= 0.3 is 0 Å². The van der Waals surface area contributed by atoms with E-state index in [1.165, 1.54) is 13.2 Å². The van der Waals surface area contributed by atoms with Crippen LogP contribution >= 0.6 is 11.6 Å². The molecule has 1 atom stereocenters. The molecule has 0 aliphatic rings. The maximum absolute atomic E-state index is 11.0. The molecule has 0 spiro atoms. The second-order valence-corrected chi connectivity index (χ2v) is 6.27. The van der Waals surface area contributed by atoms with Gasteiger partial charge in [-0.15, -0.1) is 0 Å². The average Bonchev–Trinajstić information content (AvgIpc) is 3.17. The van der Waals surface area contributed by atoms with Gasteiger partial charge in [0.05, 0.1) is 11.2 Å². The van der Waals surface area contributed by atoms with Crippen LogP contribution in [0.4, 0.5) is 0 Å². The summed E-state index contributed by atoms with van der Waals surface area (Å²) in [5.74, 6) is 1.33. The monoisotopic (exact) mass is 383 g/mol. The molecule has 3 rings (SSSR count). The Morgan fingerprint density at radius 1 is 1.30 bits per heavy atom. The third-order valence-corrected chi connectivity index (χ3v) is 3.89. The van der Waals surface area contributed by atoms with Gasteiger partial charge in [-0.05, 0) is 36.8 Å². The summed E-state index contributed by atoms with van der Waals surface area (Å²) >= 11 is 6.29. The summed E-state index contributed by atoms with van der Waals surface area (Å²) in [6, 6.07) is 8.85. The highest BCUT2D eigenvalue weighted by atomic mass is 35.5. The van der Waals surface area contributed by atoms with Crippen molar-refractivity contribution in [1.29, 1.82) is 0 Å². The van der Waals surface area contributed by atoms with Crippen LogP contribution in [0.3, 0.4) is 0 Å². The van der Waals surface area contributed by atoms with E-state index in [4.69, 9.17) is 20.8 Å². The van der Waals surface area contributed by atoms with E-state index in [-0.39, 0.29) is 11.9 Å². The number of ether oxygens (including phenoxy) is 1. The molecule has 0 unspecified atom stereocenters. The summed E-state index contributed by atoms with van der Waals surface area (Å²) in [5.41, 5.74) is 1.66. The molecule has 27 heavy (non-hydrogen) atoms. The van der Waals surface area contributed by atoms with Gasteiger partial charge < -0.3 is 14.5 Å². The molecule has 2 heterocycles. The van der Waals surface area contributed by atoms with Crippen LogP contribution < -0.4 is 10.1 Å². The van der Waals surface area contributed by atoms with Crippen molar-refractivity contribution in [2.75, 3.05) is 0 Å². The van der Waals surface area contributed by atoms with Gasteiger partial charge in [-0.1, -0.05) is 23.8 Å². The van der Waals surface area contributed by atoms with Crippen LogP contribution in [0.2, 0.25) is 5.02 Å². The fourth-order valence-electron chi connectivity index (χ4n) is 2.37. The summed E-state index contributed by atoms with van der Waals surface area (Å²) in [6.45, 7) is 3.38. The van der Waals surface area contributed by atoms with Crippen LogP contribution in [0.1, 0.15) is 19.4 Å². The first-order valence-electron chi connectivity index (χ1n) is 8.30. The van der Waals surface area contributed by atoms with Gasteiger partial charge in [0.1, 0.15) is 12.0 Å². The lowest BCUT2D eigenvalue weighted by atomic mass is 10.2. The number of aromatic nitrogens is 2. The highest BCUT2D eigenvalue weighted by Crippen LogP contribution is 2.32. The number of carbonyl (C=O) groups is 1. The summed E-state index contributed by atoms with van der Waals surface area (Å²) in [4.78, 5) is 19.4. The Morgan fingerprint density at radius 2 is 2.15 bits per heavy atom. The Labute approximate surface area is 161 Å². The van der Waals surface area contributed by atoms with Crippen molar-refractivity contribution < 1.29 is 13.9 Å². The Balaban J connectivity index is 1.66. The van der Waals surface area contributed by atoms with Crippen LogP contribution in [-0.4, -0.2) is 21.9 Å². The number of nitrogens with one attached hydrogen (secondary N) is 1. The zero-order valence-corrected chi connectivity index (χ0v) is 15.6. The topological polar surface area (TPSA) is 77.2 Å². The Bertz CT molecular complexity index is 938. The Hall–Kier alpha value is -3.12. The number of rotatable bonds is 6. The lowest BCUT2D eigenvalue weighted by Gasteiger charge is -2.08. The number of oxazole rings is 1. The first-order chi connectivity index (χ1) is 13.0. The minimum Gasteiger partial charge on any atom is -0.445 e. The maximum atomic E-state index is 11.0. The van der Waals surface area contributed by atoms with Gasteiger partial charge in [0.2, 0.25) is 17.7 Å². The van der Waals surface area contributed by atoms with Crippen molar-refractivity contribution in [2.24, 2.45) is 0 Å². The van der Waals surface area contributed by atoms with E-state index in [0.717, 1.165) is 11.1 Å². The smallest absolute Gasteiger partial charge is 0.225 e. The molecular formula is C20H18ClN3O3. The fourth-order valence-corrected chi connectivity index (χ4v) is 2.59. The normalized spacial score (nSPS) is 12.1. The van der Waals surface area contributed by atoms with Gasteiger partial charge in [-0.3, -0.25) is 4.79 Å². The second-order valence-electron chi connectivity index (χ2n) is 5.86. The molecule has 0 saturated heterocycles. The average molecular weight is 384 g/mol. The minimum atomic E-state index is -0.0697. The summed E-state index contributed by atoms with van der Waals surface area (Å²) in [7, 11) is 0. The van der Waals surface area contributed by atoms with Gasteiger partial charge in [-0.2, -0.15) is 0 Å². The van der Waals surface area contributed by atoms with Gasteiger partial charge in [-0.25, -0.2) is 9.97 Å². The molecule has 6 nitrogen and oxygen atoms in total. The van der Waals surface area contributed by atoms with Crippen LogP contribution in [0, 0.1) is 0 Å². The molecule has 0 saturated carbocycles. The van der Waals surface area contributed by atoms with E-state index in [0.29, 0.717) is 22.5 Å². The predicted molar refractivity (Wildman–Crippen MR) is 104 cm³/mol. The van der Waals surface area contributed by atoms with Crippen LogP contribution in [0.5, 0.6) is 11.6 Å². The van der Waals surface area contributed by atoms with Crippen LogP contribution in [0.15, 0.2) is 59.5 Å². The summed E-state index contributed by atoms with van der Waals surface area (Å²) < 4.78 is 11.0. The number of halogens is 1. The van der Waals surface area contributed by atoms with Crippen LogP contribution in [-0.2, 0) is 4.79 Å². The molecule has 3 aromatic rings. The predicted octanol–water partition coefficient (Wildman–Crippen LogP) is 4.72. The minimum absolute atomic E-state index is 0.0561. The van der Waals surface area contributed by atoms with E-state index in [1.807, 2.05) is 31.2 Å². The molecule has 0 radical (unpaired) electrons. The number of hydrogen-bond acceptors (Lipinski definition) is 5. The van der Waals surface area contributed by atoms with Crippen molar-refractivity contribution in [2.45, 2.75) is 19.9 Å². The standard InChI is InChI=1S/C20H18ClN3O3/c1-13(24-14(2)25)3-4-15-5-8-19(23-12-15)27-18-7-6-16(11-17(18)21)20-22-9-10-26-20/h3-13H,1-2H3,(H,24,25)/t13-/m0/s1. The number of benzene rings is 1. The molecule has 1 amide bonds. The first-order valence-corrected chi connectivity index (χ1v) is 8.67. The molecule has 0 fully saturated rings. The van der Waals surface area contributed by atoms with E-state index in [2.05, 4.69) is 15.3 Å². The first kappa shape index (κ1) is 18.7. The largest absolute Gasteiger partial charge is 0.445 e. The SMILES string of the molecule is CC(=O)N[C@@H](C)C=Cc1ccc(Oc2ccc(-c3ncco3)cc2Cl)nc1. The lowest BCUT2D eigenvalue weighted by Crippen LogP contribution is -2.28. The van der Waals surface area contributed by atoms with Gasteiger partial charge in [0.25, 0.3) is 0 Å². The molecule has 0 bridgehead atoms. The van der Waals surface area contributed by atoms with Crippen molar-refractivity contribution in [1.82, 2.24) is 15.3 Å². The Morgan fingerprint density at radius 3 is 2.78 bits per heavy atom. The molecule has 0 aliphatic carbocycles. The third-order valence-electron chi connectivity index (χ3n) is 3.59. The quantitative estimate of drug-likeness (QED) is 0.666. The van der Waals surface area contributed by atoms with Crippen molar-refractivity contribution in [3.8, 4) is 23.1 Å². The van der Waals surface area contributed by atoms with E-state index in [9.17, 15) is 4.79 Å². The second kappa shape index (κ2) is 8.51. The number of carbonyl (C=O) groups excluding carboxylic acids is 1. The zero-order chi connectivity index (χ0) is 19.2. The van der Waals surface area contributed by atoms with Gasteiger partial charge in [0, 0.05) is 30.8 Å². The Kier molecular flexibility index (Phi) is 5.88. The molecule has 138 valence electrons. The van der Waals surface area contributed by atoms with Crippen molar-refractivity contribution in [3.63, 3.8) is 0 Å². The molecule has 2 aromatic heterocycles. The van der Waals surface area contributed by atoms with Crippen molar-refractivity contribution in [3.05, 3.63) is 65.7 Å². The molecule has 0 aliphatic heterocycles. The van der Waals surface area contributed by atoms with Crippen molar-refractivity contribution >= 4 is 23.6 Å². The number of nitrogens with zero attached hydrogens (tertiary/aromatic N) is 2. The van der Waals surface area contributed by atoms with Crippen LogP contribution in [0.25, 0.3) is 17.5 Å². The molecule has 7 heteroatoms. The number of amides is 1. The zero-order valence-electron chi connectivity index (χ0n) is 14.8. The fraction of sp³-hybridized carbons (Fsp3) is 0.150. The molecular weight excluding hydrogens is 366 g/mol. The summed E-state index contributed by atoms with van der Waals surface area (Å²) in [6.07, 6.45) is 8.53. The molecule has 1 N–H and O–H groups in total. The van der Waals surface area contributed by atoms with E-state index >= 15 is 0 Å². The lowest BCUT2D eigenvalue weighted by molar-refractivity contribution is -0.119. The summed E-state index contributed by atoms with van der Waals surface area (Å²) in [5, 5.41) is 3.21. The highest BCUT2D eigenvalue weighted by molar-refractivity contribution is 6.32.